The van der Waals surface area contributed by atoms with Gasteiger partial charge in [-0.2, -0.15) is 0 Å². The first-order chi connectivity index (χ1) is 10.8. The monoisotopic (exact) mass is 306 g/mol. The summed E-state index contributed by atoms with van der Waals surface area (Å²) in [5.74, 6) is 1.13. The number of likely N-dealkylation sites (tertiary alicyclic amines) is 1. The number of nitrogens with zero attached hydrogens (tertiary/aromatic N) is 4. The minimum atomic E-state index is -0.0938. The number of ether oxygens (including phenoxy) is 1. The largest absolute Gasteiger partial charge is 0.396 e. The lowest BCUT2D eigenvalue weighted by Gasteiger charge is -2.38. The van der Waals surface area contributed by atoms with Crippen molar-refractivity contribution in [2.24, 2.45) is 5.92 Å². The number of aromatic nitrogens is 2. The van der Waals surface area contributed by atoms with Gasteiger partial charge in [0.15, 0.2) is 0 Å². The molecule has 1 N–H and O–H groups in total. The molecule has 3 rings (SSSR count). The van der Waals surface area contributed by atoms with Gasteiger partial charge in [0, 0.05) is 50.9 Å². The highest BCUT2D eigenvalue weighted by molar-refractivity contribution is 5.76. The molecule has 2 aliphatic rings. The van der Waals surface area contributed by atoms with Crippen LogP contribution in [0.15, 0.2) is 18.5 Å². The summed E-state index contributed by atoms with van der Waals surface area (Å²) in [7, 11) is 0. The van der Waals surface area contributed by atoms with Crippen molar-refractivity contribution in [3.63, 3.8) is 0 Å². The highest BCUT2D eigenvalue weighted by atomic mass is 16.5. The van der Waals surface area contributed by atoms with Gasteiger partial charge in [-0.05, 0) is 12.5 Å². The number of carbonyl (C=O) groups is 1. The zero-order valence-corrected chi connectivity index (χ0v) is 12.6. The molecular formula is C15H22N4O3. The SMILES string of the molecule is O=C(CCO)N1CC[C@@H]2CN(c3ncccn3)CCO[C@@H]2C1. The molecule has 0 aliphatic carbocycles. The van der Waals surface area contributed by atoms with Crippen molar-refractivity contribution in [2.75, 3.05) is 44.3 Å². The Balaban J connectivity index is 1.64. The first-order valence-corrected chi connectivity index (χ1v) is 7.80. The fourth-order valence-corrected chi connectivity index (χ4v) is 3.17. The van der Waals surface area contributed by atoms with E-state index < -0.39 is 0 Å². The summed E-state index contributed by atoms with van der Waals surface area (Å²) in [4.78, 5) is 24.5. The number of amides is 1. The number of aliphatic hydroxyl groups excluding tert-OH is 1. The summed E-state index contributed by atoms with van der Waals surface area (Å²) in [5.41, 5.74) is 0. The topological polar surface area (TPSA) is 78.8 Å². The van der Waals surface area contributed by atoms with Crippen LogP contribution in [0.1, 0.15) is 12.8 Å². The van der Waals surface area contributed by atoms with Gasteiger partial charge >= 0.3 is 0 Å². The third kappa shape index (κ3) is 3.36. The van der Waals surface area contributed by atoms with E-state index in [1.54, 1.807) is 12.4 Å². The van der Waals surface area contributed by atoms with Gasteiger partial charge in [-0.15, -0.1) is 0 Å². The first kappa shape index (κ1) is 15.2. The molecule has 0 saturated carbocycles. The lowest BCUT2D eigenvalue weighted by Crippen LogP contribution is -2.49. The maximum absolute atomic E-state index is 11.9. The summed E-state index contributed by atoms with van der Waals surface area (Å²) in [6.07, 6.45) is 4.67. The summed E-state index contributed by atoms with van der Waals surface area (Å²) in [6, 6.07) is 1.81. The number of aliphatic hydroxyl groups is 1. The van der Waals surface area contributed by atoms with E-state index in [2.05, 4.69) is 14.9 Å². The quantitative estimate of drug-likeness (QED) is 0.841. The molecule has 7 heteroatoms. The molecule has 1 amide bonds. The number of carbonyl (C=O) groups excluding carboxylic acids is 1. The van der Waals surface area contributed by atoms with Crippen molar-refractivity contribution in [3.05, 3.63) is 18.5 Å². The number of hydrogen-bond acceptors (Lipinski definition) is 6. The van der Waals surface area contributed by atoms with E-state index in [0.29, 0.717) is 19.1 Å². The van der Waals surface area contributed by atoms with Crippen molar-refractivity contribution in [1.82, 2.24) is 14.9 Å². The van der Waals surface area contributed by atoms with Gasteiger partial charge in [0.25, 0.3) is 0 Å². The maximum atomic E-state index is 11.9. The Morgan fingerprint density at radius 2 is 2.14 bits per heavy atom. The van der Waals surface area contributed by atoms with Crippen molar-refractivity contribution in [1.29, 1.82) is 0 Å². The number of fused-ring (bicyclic) bond motifs is 1. The third-order valence-electron chi connectivity index (χ3n) is 4.36. The van der Waals surface area contributed by atoms with Crippen LogP contribution in [-0.4, -0.2) is 71.4 Å². The number of piperidine rings is 1. The molecule has 0 bridgehead atoms. The predicted molar refractivity (Wildman–Crippen MR) is 80.4 cm³/mol. The van der Waals surface area contributed by atoms with E-state index in [-0.39, 0.29) is 25.0 Å². The molecular weight excluding hydrogens is 284 g/mol. The summed E-state index contributed by atoms with van der Waals surface area (Å²) in [6.45, 7) is 3.49. The molecule has 0 unspecified atom stereocenters. The highest BCUT2D eigenvalue weighted by Gasteiger charge is 2.35. The van der Waals surface area contributed by atoms with Crippen molar-refractivity contribution < 1.29 is 14.6 Å². The minimum absolute atomic E-state index is 0.0112. The molecule has 1 aromatic rings. The molecule has 2 fully saturated rings. The number of hydrogen-bond donors (Lipinski definition) is 1. The average Bonchev–Trinajstić information content (AvgIpc) is 2.77. The molecule has 120 valence electrons. The first-order valence-electron chi connectivity index (χ1n) is 7.80. The molecule has 2 aliphatic heterocycles. The number of anilines is 1. The third-order valence-corrected chi connectivity index (χ3v) is 4.36. The Morgan fingerprint density at radius 3 is 2.91 bits per heavy atom. The van der Waals surface area contributed by atoms with E-state index in [1.165, 1.54) is 0 Å². The Bertz CT molecular complexity index is 499. The second-order valence-electron chi connectivity index (χ2n) is 5.77. The molecule has 22 heavy (non-hydrogen) atoms. The fraction of sp³-hybridized carbons (Fsp3) is 0.667. The normalized spacial score (nSPS) is 25.5. The molecule has 0 radical (unpaired) electrons. The maximum Gasteiger partial charge on any atom is 0.225 e. The van der Waals surface area contributed by atoms with Crippen LogP contribution in [0.25, 0.3) is 0 Å². The van der Waals surface area contributed by atoms with Gasteiger partial charge in [0.2, 0.25) is 11.9 Å². The molecule has 1 aromatic heterocycles. The second-order valence-corrected chi connectivity index (χ2v) is 5.77. The molecule has 0 spiro atoms. The van der Waals surface area contributed by atoms with Gasteiger partial charge in [0.05, 0.1) is 19.3 Å². The Hall–Kier alpha value is -1.73. The fourth-order valence-electron chi connectivity index (χ4n) is 3.17. The van der Waals surface area contributed by atoms with Crippen LogP contribution in [0.3, 0.4) is 0 Å². The molecule has 3 heterocycles. The average molecular weight is 306 g/mol. The lowest BCUT2D eigenvalue weighted by molar-refractivity contribution is -0.137. The molecule has 2 saturated heterocycles. The predicted octanol–water partition coefficient (Wildman–Crippen LogP) is -0.0873. The van der Waals surface area contributed by atoms with Crippen molar-refractivity contribution in [2.45, 2.75) is 18.9 Å². The lowest BCUT2D eigenvalue weighted by atomic mass is 9.93. The van der Waals surface area contributed by atoms with Gasteiger partial charge in [-0.1, -0.05) is 0 Å². The van der Waals surface area contributed by atoms with Gasteiger partial charge in [-0.3, -0.25) is 4.79 Å². The minimum Gasteiger partial charge on any atom is -0.396 e. The van der Waals surface area contributed by atoms with Crippen LogP contribution in [0, 0.1) is 5.92 Å². The zero-order valence-electron chi connectivity index (χ0n) is 12.6. The Labute approximate surface area is 129 Å². The van der Waals surface area contributed by atoms with Crippen LogP contribution < -0.4 is 4.90 Å². The Kier molecular flexibility index (Phi) is 4.84. The summed E-state index contributed by atoms with van der Waals surface area (Å²) in [5, 5.41) is 8.91. The van der Waals surface area contributed by atoms with Crippen LogP contribution in [-0.2, 0) is 9.53 Å². The van der Waals surface area contributed by atoms with Crippen LogP contribution in [0.5, 0.6) is 0 Å². The van der Waals surface area contributed by atoms with Crippen molar-refractivity contribution >= 4 is 11.9 Å². The van der Waals surface area contributed by atoms with Crippen LogP contribution in [0.2, 0.25) is 0 Å². The van der Waals surface area contributed by atoms with E-state index >= 15 is 0 Å². The zero-order chi connectivity index (χ0) is 15.4. The van der Waals surface area contributed by atoms with Gasteiger partial charge in [-0.25, -0.2) is 9.97 Å². The van der Waals surface area contributed by atoms with Crippen molar-refractivity contribution in [3.8, 4) is 0 Å². The summed E-state index contributed by atoms with van der Waals surface area (Å²) < 4.78 is 5.96. The standard InChI is InChI=1S/C15H22N4O3/c20-8-3-14(21)18-6-2-12-10-19(7-9-22-13(12)11-18)15-16-4-1-5-17-15/h1,4-5,12-13,20H,2-3,6-11H2/t12-,13-/m1/s1. The molecule has 0 aromatic carbocycles. The summed E-state index contributed by atoms with van der Waals surface area (Å²) >= 11 is 0. The van der Waals surface area contributed by atoms with E-state index in [4.69, 9.17) is 9.84 Å². The van der Waals surface area contributed by atoms with Gasteiger partial charge < -0.3 is 19.6 Å². The Morgan fingerprint density at radius 1 is 1.32 bits per heavy atom. The van der Waals surface area contributed by atoms with E-state index in [1.807, 2.05) is 11.0 Å². The van der Waals surface area contributed by atoms with Crippen LogP contribution in [0.4, 0.5) is 5.95 Å². The highest BCUT2D eigenvalue weighted by Crippen LogP contribution is 2.25. The molecule has 7 nitrogen and oxygen atoms in total. The smallest absolute Gasteiger partial charge is 0.225 e. The van der Waals surface area contributed by atoms with E-state index in [9.17, 15) is 4.79 Å². The van der Waals surface area contributed by atoms with Crippen LogP contribution >= 0.6 is 0 Å². The second kappa shape index (κ2) is 7.02. The number of rotatable bonds is 3. The van der Waals surface area contributed by atoms with E-state index in [0.717, 1.165) is 32.0 Å². The van der Waals surface area contributed by atoms with Gasteiger partial charge in [0.1, 0.15) is 0 Å². The molecule has 2 atom stereocenters.